The fraction of sp³-hybridized carbons (Fsp3) is 0.364. The molecule has 1 saturated heterocycles. The molecule has 2 aliphatic rings. The van der Waals surface area contributed by atoms with Crippen LogP contribution >= 0.6 is 0 Å². The highest BCUT2D eigenvalue weighted by molar-refractivity contribution is 7.89. The maximum absolute atomic E-state index is 12.9. The number of sulfonamides is 1. The highest BCUT2D eigenvalue weighted by atomic mass is 32.2. The maximum atomic E-state index is 12.9. The fourth-order valence-corrected chi connectivity index (χ4v) is 5.60. The van der Waals surface area contributed by atoms with Gasteiger partial charge in [-0.15, -0.1) is 0 Å². The molecule has 0 spiro atoms. The van der Waals surface area contributed by atoms with Crippen LogP contribution in [0.2, 0.25) is 0 Å². The number of rotatable bonds is 5. The molecule has 30 heavy (non-hydrogen) atoms. The minimum Gasteiger partial charge on any atom is -0.354 e. The fourth-order valence-electron chi connectivity index (χ4n) is 4.15. The Balaban J connectivity index is 1.46. The first-order valence-corrected chi connectivity index (χ1v) is 11.6. The van der Waals surface area contributed by atoms with Crippen LogP contribution in [0.4, 0.5) is 0 Å². The highest BCUT2D eigenvalue weighted by Gasteiger charge is 2.29. The van der Waals surface area contributed by atoms with E-state index in [1.54, 1.807) is 12.1 Å². The number of piperazine rings is 1. The lowest BCUT2D eigenvalue weighted by Gasteiger charge is -2.26. The summed E-state index contributed by atoms with van der Waals surface area (Å²) in [5.41, 5.74) is 2.91. The lowest BCUT2D eigenvalue weighted by atomic mass is 9.83. The average Bonchev–Trinajstić information content (AvgIpc) is 2.77. The van der Waals surface area contributed by atoms with E-state index in [1.165, 1.54) is 23.3 Å². The first-order chi connectivity index (χ1) is 14.4. The van der Waals surface area contributed by atoms with Crippen molar-refractivity contribution >= 4 is 21.8 Å². The molecule has 1 aliphatic carbocycles. The summed E-state index contributed by atoms with van der Waals surface area (Å²) >= 11 is 0. The van der Waals surface area contributed by atoms with E-state index < -0.39 is 10.0 Å². The van der Waals surface area contributed by atoms with Gasteiger partial charge < -0.3 is 10.6 Å². The Labute approximate surface area is 176 Å². The van der Waals surface area contributed by atoms with Crippen molar-refractivity contribution in [3.8, 4) is 0 Å². The monoisotopic (exact) mass is 427 g/mol. The Morgan fingerprint density at radius 1 is 1.17 bits per heavy atom. The third-order valence-electron chi connectivity index (χ3n) is 5.74. The Kier molecular flexibility index (Phi) is 5.87. The van der Waals surface area contributed by atoms with Crippen molar-refractivity contribution < 1.29 is 18.0 Å². The topological polar surface area (TPSA) is 95.6 Å². The van der Waals surface area contributed by atoms with Gasteiger partial charge in [0.25, 0.3) is 5.91 Å². The number of fused-ring (bicyclic) bond motifs is 1. The molecule has 1 heterocycles. The molecule has 0 bridgehead atoms. The molecule has 0 unspecified atom stereocenters. The Morgan fingerprint density at radius 3 is 2.83 bits per heavy atom. The van der Waals surface area contributed by atoms with Crippen molar-refractivity contribution in [2.45, 2.75) is 30.1 Å². The summed E-state index contributed by atoms with van der Waals surface area (Å²) in [5, 5.41) is 5.57. The van der Waals surface area contributed by atoms with Crippen LogP contribution in [0.15, 0.2) is 53.4 Å². The van der Waals surface area contributed by atoms with Gasteiger partial charge in [0.05, 0.1) is 11.4 Å². The summed E-state index contributed by atoms with van der Waals surface area (Å²) in [6, 6.07) is 14.3. The van der Waals surface area contributed by atoms with Gasteiger partial charge in [0.15, 0.2) is 0 Å². The highest BCUT2D eigenvalue weighted by Crippen LogP contribution is 2.30. The molecule has 0 saturated carbocycles. The van der Waals surface area contributed by atoms with Crippen LogP contribution in [0.5, 0.6) is 0 Å². The van der Waals surface area contributed by atoms with Gasteiger partial charge in [-0.2, -0.15) is 4.31 Å². The van der Waals surface area contributed by atoms with Crippen molar-refractivity contribution in [3.63, 3.8) is 0 Å². The van der Waals surface area contributed by atoms with Crippen molar-refractivity contribution in [1.29, 1.82) is 0 Å². The van der Waals surface area contributed by atoms with Gasteiger partial charge in [0, 0.05) is 31.1 Å². The zero-order chi connectivity index (χ0) is 21.1. The van der Waals surface area contributed by atoms with Crippen LogP contribution in [-0.4, -0.2) is 50.7 Å². The standard InChI is InChI=1S/C22H25N3O4S/c26-21-15-25(12-11-23-21)30(28,29)19-9-4-7-17(13-19)22(27)24-14-18-8-3-6-16-5-1-2-10-20(16)18/h1-2,4-5,7,9-10,13,18H,3,6,8,11-12,14-15H2,(H,23,26)(H,24,27)/t18-/m0/s1. The first kappa shape index (κ1) is 20.6. The van der Waals surface area contributed by atoms with Gasteiger partial charge >= 0.3 is 0 Å². The number of hydrogen-bond donors (Lipinski definition) is 2. The lowest BCUT2D eigenvalue weighted by Crippen LogP contribution is -2.49. The molecule has 1 fully saturated rings. The van der Waals surface area contributed by atoms with Crippen LogP contribution in [0.1, 0.15) is 40.2 Å². The second-order valence-electron chi connectivity index (χ2n) is 7.71. The quantitative estimate of drug-likeness (QED) is 0.759. The summed E-state index contributed by atoms with van der Waals surface area (Å²) in [5.74, 6) is -0.365. The molecule has 4 rings (SSSR count). The van der Waals surface area contributed by atoms with Gasteiger partial charge in [-0.25, -0.2) is 8.42 Å². The second-order valence-corrected chi connectivity index (χ2v) is 9.65. The van der Waals surface area contributed by atoms with E-state index in [0.717, 1.165) is 23.6 Å². The van der Waals surface area contributed by atoms with Crippen LogP contribution in [-0.2, 0) is 21.2 Å². The summed E-state index contributed by atoms with van der Waals surface area (Å²) in [6.45, 7) is 0.797. The van der Waals surface area contributed by atoms with Crippen molar-refractivity contribution in [1.82, 2.24) is 14.9 Å². The average molecular weight is 428 g/mol. The van der Waals surface area contributed by atoms with Gasteiger partial charge in [-0.1, -0.05) is 30.3 Å². The third-order valence-corrected chi connectivity index (χ3v) is 7.58. The number of carbonyl (C=O) groups excluding carboxylic acids is 2. The Morgan fingerprint density at radius 2 is 2.00 bits per heavy atom. The molecule has 1 aliphatic heterocycles. The molecule has 1 atom stereocenters. The van der Waals surface area contributed by atoms with Crippen LogP contribution in [0, 0.1) is 0 Å². The molecular weight excluding hydrogens is 402 g/mol. The SMILES string of the molecule is O=C1CN(S(=O)(=O)c2cccc(C(=O)NC[C@@H]3CCCc4ccccc43)c2)CCN1. The van der Waals surface area contributed by atoms with Crippen molar-refractivity contribution in [2.75, 3.05) is 26.2 Å². The van der Waals surface area contributed by atoms with E-state index in [4.69, 9.17) is 0 Å². The van der Waals surface area contributed by atoms with Gasteiger partial charge in [-0.05, 0) is 48.6 Å². The lowest BCUT2D eigenvalue weighted by molar-refractivity contribution is -0.122. The van der Waals surface area contributed by atoms with Gasteiger partial charge in [-0.3, -0.25) is 9.59 Å². The molecule has 0 radical (unpaired) electrons. The summed E-state index contributed by atoms with van der Waals surface area (Å²) in [6.07, 6.45) is 3.17. The predicted octanol–water partition coefficient (Wildman–Crippen LogP) is 1.66. The molecule has 2 N–H and O–H groups in total. The van der Waals surface area contributed by atoms with Gasteiger partial charge in [0.2, 0.25) is 15.9 Å². The zero-order valence-electron chi connectivity index (χ0n) is 16.6. The molecule has 2 aromatic carbocycles. The third kappa shape index (κ3) is 4.24. The molecule has 0 aromatic heterocycles. The number of aryl methyl sites for hydroxylation is 1. The van der Waals surface area contributed by atoms with Crippen LogP contribution in [0.3, 0.4) is 0 Å². The predicted molar refractivity (Wildman–Crippen MR) is 113 cm³/mol. The van der Waals surface area contributed by atoms with Crippen molar-refractivity contribution in [3.05, 3.63) is 65.2 Å². The molecule has 2 aromatic rings. The van der Waals surface area contributed by atoms with Crippen LogP contribution in [0.25, 0.3) is 0 Å². The first-order valence-electron chi connectivity index (χ1n) is 10.2. The summed E-state index contributed by atoms with van der Waals surface area (Å²) < 4.78 is 26.9. The normalized spacial score (nSPS) is 19.6. The van der Waals surface area contributed by atoms with E-state index in [0.29, 0.717) is 12.1 Å². The number of benzene rings is 2. The summed E-state index contributed by atoms with van der Waals surface area (Å²) in [4.78, 5) is 24.3. The number of hydrogen-bond acceptors (Lipinski definition) is 4. The molecular formula is C22H25N3O4S. The maximum Gasteiger partial charge on any atom is 0.251 e. The van der Waals surface area contributed by atoms with E-state index in [-0.39, 0.29) is 42.3 Å². The number of carbonyl (C=O) groups is 2. The number of nitrogens with zero attached hydrogens (tertiary/aromatic N) is 1. The van der Waals surface area contributed by atoms with E-state index in [9.17, 15) is 18.0 Å². The minimum atomic E-state index is -3.83. The smallest absolute Gasteiger partial charge is 0.251 e. The number of amides is 2. The molecule has 2 amide bonds. The second kappa shape index (κ2) is 8.57. The summed E-state index contributed by atoms with van der Waals surface area (Å²) in [7, 11) is -3.83. The molecule has 8 heteroatoms. The van der Waals surface area contributed by atoms with Gasteiger partial charge in [0.1, 0.15) is 0 Å². The minimum absolute atomic E-state index is 0.0212. The molecule has 158 valence electrons. The van der Waals surface area contributed by atoms with Crippen molar-refractivity contribution in [2.24, 2.45) is 0 Å². The van der Waals surface area contributed by atoms with E-state index in [1.807, 2.05) is 12.1 Å². The van der Waals surface area contributed by atoms with Crippen LogP contribution < -0.4 is 10.6 Å². The van der Waals surface area contributed by atoms with E-state index in [2.05, 4.69) is 22.8 Å². The zero-order valence-corrected chi connectivity index (χ0v) is 17.5. The largest absolute Gasteiger partial charge is 0.354 e. The Hall–Kier alpha value is -2.71. The van der Waals surface area contributed by atoms with E-state index >= 15 is 0 Å². The Bertz CT molecular complexity index is 1070. The number of nitrogens with one attached hydrogen (secondary N) is 2. The molecule has 7 nitrogen and oxygen atoms in total.